The molecule has 3 aromatic rings. The van der Waals surface area contributed by atoms with Crippen LogP contribution in [0.5, 0.6) is 11.5 Å². The molecule has 2 atom stereocenters. The summed E-state index contributed by atoms with van der Waals surface area (Å²) in [7, 11) is 3.18. The van der Waals surface area contributed by atoms with E-state index in [-0.39, 0.29) is 23.8 Å². The minimum absolute atomic E-state index is 0.191. The highest BCUT2D eigenvalue weighted by Crippen LogP contribution is 2.32. The van der Waals surface area contributed by atoms with Crippen molar-refractivity contribution in [2.45, 2.75) is 24.9 Å². The highest BCUT2D eigenvalue weighted by Gasteiger charge is 2.40. The molecule has 1 fully saturated rings. The molecule has 3 aromatic carbocycles. The van der Waals surface area contributed by atoms with Gasteiger partial charge in [-0.3, -0.25) is 14.4 Å². The van der Waals surface area contributed by atoms with Crippen LogP contribution in [0.15, 0.2) is 66.7 Å². The third-order valence-corrected chi connectivity index (χ3v) is 6.78. The summed E-state index contributed by atoms with van der Waals surface area (Å²) in [4.78, 5) is 41.0. The highest BCUT2D eigenvalue weighted by molar-refractivity contribution is 6.10. The van der Waals surface area contributed by atoms with Gasteiger partial charge < -0.3 is 25.0 Å². The zero-order valence-corrected chi connectivity index (χ0v) is 20.1. The van der Waals surface area contributed by atoms with Crippen LogP contribution in [0.3, 0.4) is 0 Å². The van der Waals surface area contributed by atoms with Crippen molar-refractivity contribution in [1.82, 2.24) is 10.2 Å². The van der Waals surface area contributed by atoms with Crippen molar-refractivity contribution in [3.05, 3.63) is 77.9 Å². The lowest BCUT2D eigenvalue weighted by molar-refractivity contribution is -0.121. The molecule has 0 aromatic heterocycles. The number of hydrogen-bond acceptors (Lipinski definition) is 5. The summed E-state index contributed by atoms with van der Waals surface area (Å²) >= 11 is 0. The molecular weight excluding hydrogens is 458 g/mol. The number of rotatable bonds is 5. The van der Waals surface area contributed by atoms with E-state index in [1.54, 1.807) is 49.5 Å². The van der Waals surface area contributed by atoms with Gasteiger partial charge in [-0.25, -0.2) is 0 Å². The quantitative estimate of drug-likeness (QED) is 0.574. The summed E-state index contributed by atoms with van der Waals surface area (Å²) in [5, 5.41) is 5.93. The molecule has 0 radical (unpaired) electrons. The summed E-state index contributed by atoms with van der Waals surface area (Å²) in [6.07, 6.45) is 0.906. The van der Waals surface area contributed by atoms with Crippen LogP contribution < -0.4 is 20.1 Å². The number of amides is 3. The van der Waals surface area contributed by atoms with Crippen LogP contribution in [0.2, 0.25) is 0 Å². The van der Waals surface area contributed by atoms with Gasteiger partial charge in [-0.05, 0) is 72.5 Å². The van der Waals surface area contributed by atoms with Gasteiger partial charge in [-0.2, -0.15) is 0 Å². The van der Waals surface area contributed by atoms with E-state index < -0.39 is 6.04 Å². The van der Waals surface area contributed by atoms with Gasteiger partial charge in [0.15, 0.2) is 0 Å². The Morgan fingerprint density at radius 1 is 0.917 bits per heavy atom. The van der Waals surface area contributed by atoms with E-state index in [2.05, 4.69) is 10.6 Å². The Morgan fingerprint density at radius 3 is 2.22 bits per heavy atom. The number of methoxy groups -OCH3 is 2. The number of carbonyl (C=O) groups is 3. The minimum Gasteiger partial charge on any atom is -0.497 e. The predicted octanol–water partition coefficient (Wildman–Crippen LogP) is 3.73. The molecule has 36 heavy (non-hydrogen) atoms. The zero-order valence-electron chi connectivity index (χ0n) is 20.1. The average molecular weight is 486 g/mol. The Bertz CT molecular complexity index is 1300. The topological polar surface area (TPSA) is 97.0 Å². The van der Waals surface area contributed by atoms with Crippen molar-refractivity contribution >= 4 is 23.4 Å². The molecule has 0 spiro atoms. The lowest BCUT2D eigenvalue weighted by atomic mass is 9.95. The molecule has 8 nitrogen and oxygen atoms in total. The third-order valence-electron chi connectivity index (χ3n) is 6.78. The highest BCUT2D eigenvalue weighted by atomic mass is 16.5. The number of ether oxygens (including phenoxy) is 2. The van der Waals surface area contributed by atoms with Gasteiger partial charge in [0.2, 0.25) is 5.91 Å². The van der Waals surface area contributed by atoms with Crippen molar-refractivity contribution in [1.29, 1.82) is 0 Å². The fourth-order valence-corrected chi connectivity index (χ4v) is 4.76. The lowest BCUT2D eigenvalue weighted by Crippen LogP contribution is -2.55. The first kappa shape index (κ1) is 23.4. The molecule has 2 heterocycles. The van der Waals surface area contributed by atoms with E-state index in [1.807, 2.05) is 36.4 Å². The second-order valence-electron chi connectivity index (χ2n) is 8.92. The van der Waals surface area contributed by atoms with Crippen LogP contribution in [0.25, 0.3) is 11.1 Å². The van der Waals surface area contributed by atoms with E-state index in [1.165, 1.54) is 0 Å². The van der Waals surface area contributed by atoms with Crippen molar-refractivity contribution in [2.24, 2.45) is 0 Å². The zero-order chi connectivity index (χ0) is 25.2. The first-order valence-electron chi connectivity index (χ1n) is 11.8. The third kappa shape index (κ3) is 4.49. The summed E-state index contributed by atoms with van der Waals surface area (Å²) in [6.45, 7) is 0.372. The fraction of sp³-hybridized carbons (Fsp3) is 0.250. The van der Waals surface area contributed by atoms with Gasteiger partial charge in [0.25, 0.3) is 11.8 Å². The summed E-state index contributed by atoms with van der Waals surface area (Å²) in [5.41, 5.74) is 3.28. The number of nitrogens with zero attached hydrogens (tertiary/aromatic N) is 1. The van der Waals surface area contributed by atoms with Gasteiger partial charge in [0.1, 0.15) is 17.5 Å². The number of carbonyl (C=O) groups excluding carboxylic acids is 3. The lowest BCUT2D eigenvalue weighted by Gasteiger charge is -2.37. The van der Waals surface area contributed by atoms with Gasteiger partial charge in [-0.15, -0.1) is 0 Å². The van der Waals surface area contributed by atoms with Gasteiger partial charge in [0.05, 0.1) is 25.5 Å². The van der Waals surface area contributed by atoms with Crippen molar-refractivity contribution in [3.63, 3.8) is 0 Å². The molecule has 8 heteroatoms. The number of benzene rings is 3. The second-order valence-corrected chi connectivity index (χ2v) is 8.92. The van der Waals surface area contributed by atoms with Crippen LogP contribution >= 0.6 is 0 Å². The molecule has 2 aliphatic heterocycles. The standard InChI is InChI=1S/C28H27N3O5/c1-35-21-8-3-17(4-9-21)19-7-12-24-23(15-19)28(34)31-14-13-20(16-25(31)27(33)30-24)29-26(32)18-5-10-22(36-2)11-6-18/h3-12,15,20,25H,13-14,16H2,1-2H3,(H,29,32)(H,30,33)/t20-,25-/m0/s1. The maximum atomic E-state index is 13.5. The molecule has 0 unspecified atom stereocenters. The summed E-state index contributed by atoms with van der Waals surface area (Å²) < 4.78 is 10.4. The molecule has 5 rings (SSSR count). The minimum atomic E-state index is -0.663. The normalized spacial score (nSPS) is 18.9. The largest absolute Gasteiger partial charge is 0.497 e. The summed E-state index contributed by atoms with van der Waals surface area (Å²) in [6, 6.07) is 19.0. The molecular formula is C28H27N3O5. The van der Waals surface area contributed by atoms with Crippen molar-refractivity contribution < 1.29 is 23.9 Å². The Kier molecular flexibility index (Phi) is 6.33. The Hall–Kier alpha value is -4.33. The monoisotopic (exact) mass is 485 g/mol. The first-order chi connectivity index (χ1) is 17.5. The molecule has 2 N–H and O–H groups in total. The molecule has 0 aliphatic carbocycles. The van der Waals surface area contributed by atoms with E-state index >= 15 is 0 Å². The Morgan fingerprint density at radius 2 is 1.56 bits per heavy atom. The van der Waals surface area contributed by atoms with Gasteiger partial charge in [0, 0.05) is 18.2 Å². The smallest absolute Gasteiger partial charge is 0.256 e. The van der Waals surface area contributed by atoms with Gasteiger partial charge in [-0.1, -0.05) is 18.2 Å². The van der Waals surface area contributed by atoms with E-state index in [4.69, 9.17) is 9.47 Å². The van der Waals surface area contributed by atoms with Crippen LogP contribution in [0.1, 0.15) is 33.6 Å². The van der Waals surface area contributed by atoms with Crippen LogP contribution in [-0.4, -0.2) is 55.5 Å². The molecule has 0 bridgehead atoms. The summed E-state index contributed by atoms with van der Waals surface area (Å²) in [5.74, 6) is 0.764. The van der Waals surface area contributed by atoms with E-state index in [0.717, 1.165) is 16.9 Å². The number of hydrogen-bond donors (Lipinski definition) is 2. The average Bonchev–Trinajstić information content (AvgIpc) is 3.02. The number of anilines is 1. The van der Waals surface area contributed by atoms with Crippen LogP contribution in [0, 0.1) is 0 Å². The van der Waals surface area contributed by atoms with Crippen molar-refractivity contribution in [3.8, 4) is 22.6 Å². The number of fused-ring (bicyclic) bond motifs is 2. The Labute approximate surface area is 209 Å². The molecule has 3 amide bonds. The number of nitrogens with one attached hydrogen (secondary N) is 2. The van der Waals surface area contributed by atoms with E-state index in [9.17, 15) is 14.4 Å². The van der Waals surface area contributed by atoms with Crippen LogP contribution in [-0.2, 0) is 4.79 Å². The van der Waals surface area contributed by atoms with E-state index in [0.29, 0.717) is 42.0 Å². The maximum Gasteiger partial charge on any atom is 0.256 e. The Balaban J connectivity index is 1.33. The first-order valence-corrected chi connectivity index (χ1v) is 11.8. The van der Waals surface area contributed by atoms with Crippen LogP contribution in [0.4, 0.5) is 5.69 Å². The molecule has 1 saturated heterocycles. The van der Waals surface area contributed by atoms with Gasteiger partial charge >= 0.3 is 0 Å². The maximum absolute atomic E-state index is 13.5. The molecule has 184 valence electrons. The SMILES string of the molecule is COc1ccc(C(=O)N[C@H]2CCN3C(=O)c4cc(-c5ccc(OC)cc5)ccc4NC(=O)[C@@H]3C2)cc1. The van der Waals surface area contributed by atoms with Crippen molar-refractivity contribution in [2.75, 3.05) is 26.1 Å². The number of piperidine rings is 1. The molecule has 2 aliphatic rings. The predicted molar refractivity (Wildman–Crippen MR) is 135 cm³/mol. The fourth-order valence-electron chi connectivity index (χ4n) is 4.76. The second kappa shape index (κ2) is 9.73. The molecule has 0 saturated carbocycles.